The molecule has 8 heteroatoms. The minimum Gasteiger partial charge on any atom is -0.454 e. The van der Waals surface area contributed by atoms with E-state index in [1.165, 1.54) is 6.07 Å². The molecule has 0 saturated carbocycles. The van der Waals surface area contributed by atoms with E-state index in [0.717, 1.165) is 5.39 Å². The molecule has 1 heterocycles. The summed E-state index contributed by atoms with van der Waals surface area (Å²) in [7, 11) is -3.92. The Bertz CT molecular complexity index is 1310. The van der Waals surface area contributed by atoms with Crippen molar-refractivity contribution in [3.8, 4) is 11.5 Å². The van der Waals surface area contributed by atoms with Crippen LogP contribution in [-0.2, 0) is 10.0 Å². The molecule has 0 aliphatic heterocycles. The second-order valence-corrected chi connectivity index (χ2v) is 8.60. The van der Waals surface area contributed by atoms with Gasteiger partial charge in [-0.3, -0.25) is 9.71 Å². The summed E-state index contributed by atoms with van der Waals surface area (Å²) in [6.07, 6.45) is 1.56. The number of para-hydroxylation sites is 3. The lowest BCUT2D eigenvalue weighted by molar-refractivity contribution is 0.485. The van der Waals surface area contributed by atoms with E-state index in [9.17, 15) is 8.42 Å². The lowest BCUT2D eigenvalue weighted by atomic mass is 10.2. The number of fused-ring (bicyclic) bond motifs is 1. The van der Waals surface area contributed by atoms with Crippen LogP contribution in [-0.4, -0.2) is 13.4 Å². The Morgan fingerprint density at radius 3 is 2.48 bits per heavy atom. The highest BCUT2D eigenvalue weighted by atomic mass is 35.5. The number of anilines is 1. The van der Waals surface area contributed by atoms with Crippen LogP contribution in [0.1, 0.15) is 0 Å². The van der Waals surface area contributed by atoms with Crippen molar-refractivity contribution >= 4 is 49.8 Å². The monoisotopic (exact) mass is 444 g/mol. The molecule has 1 aromatic heterocycles. The molecular formula is C21H14Cl2N2O3S. The molecule has 5 nitrogen and oxygen atoms in total. The first kappa shape index (κ1) is 19.5. The second-order valence-electron chi connectivity index (χ2n) is 6.11. The van der Waals surface area contributed by atoms with Crippen molar-refractivity contribution in [3.05, 3.63) is 89.0 Å². The van der Waals surface area contributed by atoms with E-state index in [-0.39, 0.29) is 10.6 Å². The van der Waals surface area contributed by atoms with Crippen molar-refractivity contribution in [3.63, 3.8) is 0 Å². The predicted octanol–water partition coefficient (Wildman–Crippen LogP) is 6.13. The quantitative estimate of drug-likeness (QED) is 0.401. The summed E-state index contributed by atoms with van der Waals surface area (Å²) in [5.41, 5.74) is 0.660. The molecule has 4 rings (SSSR count). The van der Waals surface area contributed by atoms with Gasteiger partial charge in [-0.25, -0.2) is 8.42 Å². The zero-order chi connectivity index (χ0) is 20.4. The molecule has 29 heavy (non-hydrogen) atoms. The first-order valence-corrected chi connectivity index (χ1v) is 10.8. The van der Waals surface area contributed by atoms with Crippen molar-refractivity contribution in [1.82, 2.24) is 4.98 Å². The molecule has 1 N–H and O–H groups in total. The molecular weight excluding hydrogens is 431 g/mol. The molecule has 0 bridgehead atoms. The van der Waals surface area contributed by atoms with Crippen LogP contribution in [0.25, 0.3) is 10.9 Å². The standard InChI is InChI=1S/C21H14Cl2N2O3S/c22-15-10-11-18(16(23)13-15)28-19-8-2-1-7-17(19)25-29(26,27)20-9-3-5-14-6-4-12-24-21(14)20/h1-13,25H. The summed E-state index contributed by atoms with van der Waals surface area (Å²) in [6, 6.07) is 20.0. The number of rotatable bonds is 5. The van der Waals surface area contributed by atoms with Crippen LogP contribution in [0, 0.1) is 0 Å². The summed E-state index contributed by atoms with van der Waals surface area (Å²) >= 11 is 12.1. The van der Waals surface area contributed by atoms with E-state index < -0.39 is 10.0 Å². The van der Waals surface area contributed by atoms with E-state index in [2.05, 4.69) is 9.71 Å². The Balaban J connectivity index is 1.71. The Morgan fingerprint density at radius 1 is 0.862 bits per heavy atom. The van der Waals surface area contributed by atoms with Crippen LogP contribution >= 0.6 is 23.2 Å². The molecule has 0 spiro atoms. The molecule has 0 radical (unpaired) electrons. The fraction of sp³-hybridized carbons (Fsp3) is 0. The molecule has 0 fully saturated rings. The maximum absolute atomic E-state index is 13.1. The average molecular weight is 445 g/mol. The topological polar surface area (TPSA) is 68.3 Å². The van der Waals surface area contributed by atoms with Gasteiger partial charge in [-0.1, -0.05) is 53.5 Å². The summed E-state index contributed by atoms with van der Waals surface area (Å²) in [4.78, 5) is 4.30. The smallest absolute Gasteiger partial charge is 0.264 e. The van der Waals surface area contributed by atoms with Crippen LogP contribution in [0.2, 0.25) is 10.0 Å². The van der Waals surface area contributed by atoms with Gasteiger partial charge >= 0.3 is 0 Å². The highest BCUT2D eigenvalue weighted by Crippen LogP contribution is 2.36. The van der Waals surface area contributed by atoms with Gasteiger partial charge in [0, 0.05) is 16.6 Å². The Labute approximate surface area is 177 Å². The summed E-state index contributed by atoms with van der Waals surface area (Å²) in [5.74, 6) is 0.656. The molecule has 0 unspecified atom stereocenters. The SMILES string of the molecule is O=S(=O)(Nc1ccccc1Oc1ccc(Cl)cc1Cl)c1cccc2cccnc12. The zero-order valence-electron chi connectivity index (χ0n) is 14.8. The molecule has 146 valence electrons. The number of aromatic nitrogens is 1. The highest BCUT2D eigenvalue weighted by Gasteiger charge is 2.20. The number of nitrogens with one attached hydrogen (secondary N) is 1. The summed E-state index contributed by atoms with van der Waals surface area (Å²) < 4.78 is 34.6. The number of pyridine rings is 1. The normalized spacial score (nSPS) is 11.4. The van der Waals surface area contributed by atoms with Crippen LogP contribution in [0.4, 0.5) is 5.69 Å². The van der Waals surface area contributed by atoms with Gasteiger partial charge in [0.1, 0.15) is 10.6 Å². The van der Waals surface area contributed by atoms with Crippen molar-refractivity contribution in [2.75, 3.05) is 4.72 Å². The van der Waals surface area contributed by atoms with E-state index in [4.69, 9.17) is 27.9 Å². The van der Waals surface area contributed by atoms with Crippen LogP contribution in [0.5, 0.6) is 11.5 Å². The van der Waals surface area contributed by atoms with Gasteiger partial charge in [0.15, 0.2) is 5.75 Å². The molecule has 0 amide bonds. The summed E-state index contributed by atoms with van der Waals surface area (Å²) in [5, 5.41) is 1.51. The fourth-order valence-electron chi connectivity index (χ4n) is 2.81. The largest absolute Gasteiger partial charge is 0.454 e. The number of ether oxygens (including phenoxy) is 1. The molecule has 0 atom stereocenters. The highest BCUT2D eigenvalue weighted by molar-refractivity contribution is 7.93. The maximum Gasteiger partial charge on any atom is 0.264 e. The molecule has 0 aliphatic rings. The Kier molecular flexibility index (Phi) is 5.32. The van der Waals surface area contributed by atoms with Gasteiger partial charge < -0.3 is 4.74 Å². The van der Waals surface area contributed by atoms with E-state index >= 15 is 0 Å². The van der Waals surface area contributed by atoms with E-state index in [1.54, 1.807) is 72.9 Å². The van der Waals surface area contributed by atoms with Gasteiger partial charge in [0.05, 0.1) is 16.2 Å². The third kappa shape index (κ3) is 4.15. The number of halogens is 2. The first-order chi connectivity index (χ1) is 13.9. The maximum atomic E-state index is 13.1. The number of hydrogen-bond acceptors (Lipinski definition) is 4. The minimum atomic E-state index is -3.92. The van der Waals surface area contributed by atoms with E-state index in [0.29, 0.717) is 27.1 Å². The predicted molar refractivity (Wildman–Crippen MR) is 116 cm³/mol. The van der Waals surface area contributed by atoms with Crippen LogP contribution in [0.15, 0.2) is 83.9 Å². The van der Waals surface area contributed by atoms with Gasteiger partial charge in [-0.2, -0.15) is 0 Å². The van der Waals surface area contributed by atoms with Gasteiger partial charge in [0.2, 0.25) is 0 Å². The number of benzene rings is 3. The Morgan fingerprint density at radius 2 is 1.66 bits per heavy atom. The van der Waals surface area contributed by atoms with Crippen molar-refractivity contribution in [1.29, 1.82) is 0 Å². The fourth-order valence-corrected chi connectivity index (χ4v) is 4.51. The molecule has 0 aliphatic carbocycles. The Hall–Kier alpha value is -2.80. The van der Waals surface area contributed by atoms with E-state index in [1.807, 2.05) is 0 Å². The minimum absolute atomic E-state index is 0.0786. The van der Waals surface area contributed by atoms with Crippen molar-refractivity contribution in [2.24, 2.45) is 0 Å². The first-order valence-electron chi connectivity index (χ1n) is 8.52. The zero-order valence-corrected chi connectivity index (χ0v) is 17.2. The van der Waals surface area contributed by atoms with Gasteiger partial charge in [-0.05, 0) is 42.5 Å². The average Bonchev–Trinajstić information content (AvgIpc) is 2.71. The second kappa shape index (κ2) is 7.91. The third-order valence-electron chi connectivity index (χ3n) is 4.13. The van der Waals surface area contributed by atoms with Crippen LogP contribution in [0.3, 0.4) is 0 Å². The number of sulfonamides is 1. The number of hydrogen-bond donors (Lipinski definition) is 1. The molecule has 4 aromatic rings. The molecule has 3 aromatic carbocycles. The van der Waals surface area contributed by atoms with Crippen molar-refractivity contribution < 1.29 is 13.2 Å². The third-order valence-corrected chi connectivity index (χ3v) is 6.06. The van der Waals surface area contributed by atoms with Crippen molar-refractivity contribution in [2.45, 2.75) is 4.90 Å². The summed E-state index contributed by atoms with van der Waals surface area (Å²) in [6.45, 7) is 0. The molecule has 0 saturated heterocycles. The van der Waals surface area contributed by atoms with Gasteiger partial charge in [0.25, 0.3) is 10.0 Å². The lowest BCUT2D eigenvalue weighted by Crippen LogP contribution is -2.14. The van der Waals surface area contributed by atoms with Crippen LogP contribution < -0.4 is 9.46 Å². The van der Waals surface area contributed by atoms with Gasteiger partial charge in [-0.15, -0.1) is 0 Å². The lowest BCUT2D eigenvalue weighted by Gasteiger charge is -2.15. The number of nitrogens with zero attached hydrogens (tertiary/aromatic N) is 1.